The van der Waals surface area contributed by atoms with Crippen molar-refractivity contribution in [3.05, 3.63) is 28.8 Å². The van der Waals surface area contributed by atoms with E-state index in [9.17, 15) is 8.42 Å². The van der Waals surface area contributed by atoms with Gasteiger partial charge in [-0.1, -0.05) is 12.5 Å². The van der Waals surface area contributed by atoms with Gasteiger partial charge in [-0.3, -0.25) is 0 Å². The van der Waals surface area contributed by atoms with Crippen molar-refractivity contribution in [2.24, 2.45) is 5.92 Å². The van der Waals surface area contributed by atoms with Crippen LogP contribution in [0.3, 0.4) is 0 Å². The van der Waals surface area contributed by atoms with E-state index in [4.69, 9.17) is 0 Å². The maximum absolute atomic E-state index is 12.6. The molecule has 1 aliphatic rings. The molecule has 5 heteroatoms. The maximum Gasteiger partial charge on any atom is 0.241 e. The zero-order valence-corrected chi connectivity index (χ0v) is 14.2. The Labute approximate surface area is 128 Å². The van der Waals surface area contributed by atoms with Crippen molar-refractivity contribution in [1.29, 1.82) is 0 Å². The third-order valence-corrected chi connectivity index (χ3v) is 6.19. The second kappa shape index (κ2) is 6.46. The topological polar surface area (TPSA) is 58.2 Å². The Morgan fingerprint density at radius 3 is 2.43 bits per heavy atom. The average molecular weight is 310 g/mol. The monoisotopic (exact) mass is 310 g/mol. The lowest BCUT2D eigenvalue weighted by Crippen LogP contribution is -2.40. The minimum absolute atomic E-state index is 0.0113. The quantitative estimate of drug-likeness (QED) is 0.849. The summed E-state index contributed by atoms with van der Waals surface area (Å²) in [5.41, 5.74) is 2.95. The van der Waals surface area contributed by atoms with Gasteiger partial charge >= 0.3 is 0 Å². The third kappa shape index (κ3) is 3.65. The summed E-state index contributed by atoms with van der Waals surface area (Å²) in [5, 5.41) is 3.08. The summed E-state index contributed by atoms with van der Waals surface area (Å²) in [6.45, 7) is 6.52. The van der Waals surface area contributed by atoms with Crippen LogP contribution in [0, 0.1) is 19.8 Å². The first-order valence-corrected chi connectivity index (χ1v) is 9.10. The molecule has 4 nitrogen and oxygen atoms in total. The van der Waals surface area contributed by atoms with Crippen molar-refractivity contribution < 1.29 is 8.42 Å². The van der Waals surface area contributed by atoms with E-state index < -0.39 is 10.0 Å². The summed E-state index contributed by atoms with van der Waals surface area (Å²) in [6.07, 6.45) is 3.47. The summed E-state index contributed by atoms with van der Waals surface area (Å²) in [4.78, 5) is 0.407. The van der Waals surface area contributed by atoms with Crippen molar-refractivity contribution in [1.82, 2.24) is 10.0 Å². The lowest BCUT2D eigenvalue weighted by molar-refractivity contribution is 0.260. The zero-order valence-electron chi connectivity index (χ0n) is 13.4. The molecular weight excluding hydrogens is 284 g/mol. The molecular formula is C16H26N2O2S. The van der Waals surface area contributed by atoms with Gasteiger partial charge < -0.3 is 5.32 Å². The fourth-order valence-corrected chi connectivity index (χ4v) is 4.48. The molecule has 118 valence electrons. The number of rotatable bonds is 6. The number of hydrogen-bond donors (Lipinski definition) is 2. The Balaban J connectivity index is 2.27. The first-order valence-electron chi connectivity index (χ1n) is 7.62. The largest absolute Gasteiger partial charge is 0.316 e. The molecule has 1 fully saturated rings. The molecule has 0 heterocycles. The standard InChI is InChI=1S/C16H26N2O2S/c1-11-8-12(2)16(9-15(11)10-17-4)21(19,20)18-13(3)14-6-5-7-14/h8-9,13-14,17-18H,5-7,10H2,1-4H3. The van der Waals surface area contributed by atoms with Gasteiger partial charge in [-0.25, -0.2) is 13.1 Å². The molecule has 0 bridgehead atoms. The molecule has 0 radical (unpaired) electrons. The van der Waals surface area contributed by atoms with Gasteiger partial charge in [-0.2, -0.15) is 0 Å². The van der Waals surface area contributed by atoms with Crippen LogP contribution >= 0.6 is 0 Å². The number of benzene rings is 1. The molecule has 21 heavy (non-hydrogen) atoms. The molecule has 1 atom stereocenters. The maximum atomic E-state index is 12.6. The molecule has 0 amide bonds. The van der Waals surface area contributed by atoms with E-state index in [-0.39, 0.29) is 6.04 Å². The lowest BCUT2D eigenvalue weighted by atomic mass is 9.81. The summed E-state index contributed by atoms with van der Waals surface area (Å²) in [5.74, 6) is 0.488. The van der Waals surface area contributed by atoms with Gasteiger partial charge in [0.05, 0.1) is 4.90 Å². The molecule has 2 rings (SSSR count). The normalized spacial score (nSPS) is 17.5. The second-order valence-corrected chi connectivity index (χ2v) is 7.86. The van der Waals surface area contributed by atoms with Crippen LogP contribution < -0.4 is 10.0 Å². The molecule has 0 aromatic heterocycles. The summed E-state index contributed by atoms with van der Waals surface area (Å²) in [7, 11) is -1.58. The van der Waals surface area contributed by atoms with Crippen LogP contribution in [0.4, 0.5) is 0 Å². The van der Waals surface area contributed by atoms with E-state index in [0.717, 1.165) is 29.5 Å². The number of nitrogens with one attached hydrogen (secondary N) is 2. The van der Waals surface area contributed by atoms with Crippen LogP contribution in [0.5, 0.6) is 0 Å². The first-order chi connectivity index (χ1) is 9.85. The fourth-order valence-electron chi connectivity index (χ4n) is 2.89. The van der Waals surface area contributed by atoms with Crippen LogP contribution in [-0.4, -0.2) is 21.5 Å². The molecule has 1 aliphatic carbocycles. The molecule has 0 aliphatic heterocycles. The molecule has 0 spiro atoms. The van der Waals surface area contributed by atoms with Gasteiger partial charge in [0.2, 0.25) is 10.0 Å². The predicted molar refractivity (Wildman–Crippen MR) is 85.8 cm³/mol. The van der Waals surface area contributed by atoms with Crippen molar-refractivity contribution in [3.63, 3.8) is 0 Å². The van der Waals surface area contributed by atoms with E-state index in [1.54, 1.807) is 6.07 Å². The van der Waals surface area contributed by atoms with Gasteiger partial charge in [0.25, 0.3) is 0 Å². The van der Waals surface area contributed by atoms with Gasteiger partial charge in [0, 0.05) is 12.6 Å². The van der Waals surface area contributed by atoms with E-state index in [1.165, 1.54) is 6.42 Å². The molecule has 1 unspecified atom stereocenters. The summed E-state index contributed by atoms with van der Waals surface area (Å²) >= 11 is 0. The van der Waals surface area contributed by atoms with Crippen LogP contribution in [0.2, 0.25) is 0 Å². The third-order valence-electron chi connectivity index (χ3n) is 4.49. The van der Waals surface area contributed by atoms with Gasteiger partial charge in [0.1, 0.15) is 0 Å². The zero-order chi connectivity index (χ0) is 15.6. The highest BCUT2D eigenvalue weighted by Gasteiger charge is 2.28. The van der Waals surface area contributed by atoms with E-state index in [0.29, 0.717) is 17.4 Å². The van der Waals surface area contributed by atoms with Crippen LogP contribution in [0.15, 0.2) is 17.0 Å². The minimum atomic E-state index is -3.45. The minimum Gasteiger partial charge on any atom is -0.316 e. The van der Waals surface area contributed by atoms with E-state index >= 15 is 0 Å². The first kappa shape index (κ1) is 16.5. The van der Waals surface area contributed by atoms with Crippen LogP contribution in [0.1, 0.15) is 42.9 Å². The van der Waals surface area contributed by atoms with Crippen LogP contribution in [0.25, 0.3) is 0 Å². The van der Waals surface area contributed by atoms with Gasteiger partial charge in [-0.15, -0.1) is 0 Å². The second-order valence-electron chi connectivity index (χ2n) is 6.18. The number of sulfonamides is 1. The summed E-state index contributed by atoms with van der Waals surface area (Å²) in [6, 6.07) is 3.77. The Morgan fingerprint density at radius 1 is 1.24 bits per heavy atom. The van der Waals surface area contributed by atoms with E-state index in [2.05, 4.69) is 10.0 Å². The molecule has 1 saturated carbocycles. The molecule has 2 N–H and O–H groups in total. The highest BCUT2D eigenvalue weighted by Crippen LogP contribution is 2.30. The predicted octanol–water partition coefficient (Wildman–Crippen LogP) is 2.49. The molecule has 0 saturated heterocycles. The smallest absolute Gasteiger partial charge is 0.241 e. The van der Waals surface area contributed by atoms with Crippen molar-refractivity contribution in [2.75, 3.05) is 7.05 Å². The summed E-state index contributed by atoms with van der Waals surface area (Å²) < 4.78 is 28.1. The van der Waals surface area contributed by atoms with E-state index in [1.807, 2.05) is 33.9 Å². The number of hydrogen-bond acceptors (Lipinski definition) is 3. The fraction of sp³-hybridized carbons (Fsp3) is 0.625. The van der Waals surface area contributed by atoms with Gasteiger partial charge in [-0.05, 0) is 69.3 Å². The Hall–Kier alpha value is -0.910. The van der Waals surface area contributed by atoms with Crippen LogP contribution in [-0.2, 0) is 16.6 Å². The highest BCUT2D eigenvalue weighted by molar-refractivity contribution is 7.89. The average Bonchev–Trinajstić information content (AvgIpc) is 2.29. The van der Waals surface area contributed by atoms with Crippen molar-refractivity contribution in [2.45, 2.75) is 57.5 Å². The van der Waals surface area contributed by atoms with Gasteiger partial charge in [0.15, 0.2) is 0 Å². The molecule has 1 aromatic rings. The van der Waals surface area contributed by atoms with Crippen molar-refractivity contribution in [3.8, 4) is 0 Å². The SMILES string of the molecule is CNCc1cc(S(=O)(=O)NC(C)C2CCC2)c(C)cc1C. The highest BCUT2D eigenvalue weighted by atomic mass is 32.2. The van der Waals surface area contributed by atoms with Crippen molar-refractivity contribution >= 4 is 10.0 Å². The Bertz CT molecular complexity index is 607. The lowest BCUT2D eigenvalue weighted by Gasteiger charge is -2.31. The molecule has 1 aromatic carbocycles. The number of aryl methyl sites for hydroxylation is 2. The Morgan fingerprint density at radius 2 is 1.90 bits per heavy atom. The Kier molecular flexibility index (Phi) is 5.07.